The van der Waals surface area contributed by atoms with E-state index in [9.17, 15) is 9.59 Å². The molecule has 1 aromatic heterocycles. The number of nitrogens with one attached hydrogen (secondary N) is 1. The van der Waals surface area contributed by atoms with Gasteiger partial charge in [0.25, 0.3) is 5.91 Å². The van der Waals surface area contributed by atoms with Crippen LogP contribution in [0.5, 0.6) is 0 Å². The number of carbonyl (C=O) groups is 2. The number of anilines is 1. The van der Waals surface area contributed by atoms with Gasteiger partial charge in [0.1, 0.15) is 11.6 Å². The number of ether oxygens (including phenoxy) is 2. The fraction of sp³-hybridized carbons (Fsp3) is 0.318. The van der Waals surface area contributed by atoms with E-state index in [1.165, 1.54) is 23.8 Å². The van der Waals surface area contributed by atoms with E-state index in [-0.39, 0.29) is 19.1 Å². The van der Waals surface area contributed by atoms with E-state index in [1.54, 1.807) is 0 Å². The van der Waals surface area contributed by atoms with E-state index in [0.29, 0.717) is 11.6 Å². The molecule has 0 radical (unpaired) electrons. The molecule has 3 aromatic rings. The number of hydrogen-bond donors (Lipinski definition) is 1. The molecule has 1 N–H and O–H groups in total. The van der Waals surface area contributed by atoms with Crippen molar-refractivity contribution in [2.75, 3.05) is 11.9 Å². The zero-order valence-corrected chi connectivity index (χ0v) is 17.5. The molecule has 152 valence electrons. The third kappa shape index (κ3) is 5.85. The van der Waals surface area contributed by atoms with Crippen molar-refractivity contribution < 1.29 is 19.1 Å². The Morgan fingerprint density at radius 3 is 2.48 bits per heavy atom. The average Bonchev–Trinajstić information content (AvgIpc) is 3.11. The average molecular weight is 413 g/mol. The quantitative estimate of drug-likeness (QED) is 0.551. The number of hydrogen-bond acceptors (Lipinski definition) is 6. The second-order valence-corrected chi connectivity index (χ2v) is 8.08. The topological polar surface area (TPSA) is 77.5 Å². The van der Waals surface area contributed by atoms with Crippen molar-refractivity contribution in [3.8, 4) is 0 Å². The lowest BCUT2D eigenvalue weighted by Gasteiger charge is -2.14. The van der Waals surface area contributed by atoms with Crippen LogP contribution in [0.4, 0.5) is 5.69 Å². The highest BCUT2D eigenvalue weighted by Crippen LogP contribution is 2.22. The van der Waals surface area contributed by atoms with E-state index in [2.05, 4.69) is 24.1 Å². The van der Waals surface area contributed by atoms with Crippen molar-refractivity contribution in [1.82, 2.24) is 4.98 Å². The minimum Gasteiger partial charge on any atom is -0.451 e. The first-order chi connectivity index (χ1) is 13.9. The molecule has 0 bridgehead atoms. The summed E-state index contributed by atoms with van der Waals surface area (Å²) in [5, 5.41) is 3.53. The van der Waals surface area contributed by atoms with Gasteiger partial charge in [0.15, 0.2) is 6.10 Å². The molecule has 0 spiro atoms. The number of fused-ring (bicyclic) bond motifs is 1. The normalized spacial score (nSPS) is 12.1. The fourth-order valence-corrected chi connectivity index (χ4v) is 3.59. The third-order valence-electron chi connectivity index (χ3n) is 4.31. The highest BCUT2D eigenvalue weighted by molar-refractivity contribution is 7.18. The minimum atomic E-state index is -0.918. The van der Waals surface area contributed by atoms with Crippen LogP contribution in [0.1, 0.15) is 37.3 Å². The first-order valence-corrected chi connectivity index (χ1v) is 10.3. The summed E-state index contributed by atoms with van der Waals surface area (Å²) in [4.78, 5) is 28.6. The Labute approximate surface area is 173 Å². The Hall–Kier alpha value is -2.77. The van der Waals surface area contributed by atoms with E-state index >= 15 is 0 Å². The van der Waals surface area contributed by atoms with Gasteiger partial charge in [0, 0.05) is 5.69 Å². The molecule has 3 rings (SSSR count). The number of benzene rings is 2. The summed E-state index contributed by atoms with van der Waals surface area (Å²) in [5.41, 5.74) is 2.76. The van der Waals surface area contributed by atoms with E-state index in [4.69, 9.17) is 9.47 Å². The number of amides is 1. The van der Waals surface area contributed by atoms with Crippen molar-refractivity contribution in [1.29, 1.82) is 0 Å². The van der Waals surface area contributed by atoms with Gasteiger partial charge in [0.05, 0.1) is 16.8 Å². The van der Waals surface area contributed by atoms with Gasteiger partial charge in [-0.2, -0.15) is 0 Å². The predicted molar refractivity (Wildman–Crippen MR) is 114 cm³/mol. The minimum absolute atomic E-state index is 0.219. The van der Waals surface area contributed by atoms with Gasteiger partial charge < -0.3 is 14.8 Å². The lowest BCUT2D eigenvalue weighted by atomic mass is 10.0. The maximum Gasteiger partial charge on any atom is 0.332 e. The Balaban J connectivity index is 1.42. The van der Waals surface area contributed by atoms with Gasteiger partial charge in [-0.05, 0) is 42.7 Å². The van der Waals surface area contributed by atoms with Crippen molar-refractivity contribution in [2.45, 2.75) is 39.4 Å². The Morgan fingerprint density at radius 2 is 1.79 bits per heavy atom. The standard InChI is InChI=1S/C22H24N2O4S/c1-14(2)16-8-10-17(11-9-16)23-22(26)15(3)28-21(25)13-27-12-20-24-18-6-4-5-7-19(18)29-20/h4-11,14-15H,12-13H2,1-3H3,(H,23,26)/t15-/m0/s1. The van der Waals surface area contributed by atoms with Crippen LogP contribution >= 0.6 is 11.3 Å². The fourth-order valence-electron chi connectivity index (χ4n) is 2.68. The zero-order valence-electron chi connectivity index (χ0n) is 16.7. The molecule has 29 heavy (non-hydrogen) atoms. The van der Waals surface area contributed by atoms with Crippen LogP contribution in [-0.2, 0) is 25.7 Å². The molecule has 0 aliphatic heterocycles. The summed E-state index contributed by atoms with van der Waals surface area (Å²) < 4.78 is 11.6. The summed E-state index contributed by atoms with van der Waals surface area (Å²) in [5.74, 6) is -0.562. The molecular weight excluding hydrogens is 388 g/mol. The molecule has 1 amide bonds. The summed E-state index contributed by atoms with van der Waals surface area (Å²) in [6.45, 7) is 5.72. The van der Waals surface area contributed by atoms with Crippen LogP contribution in [0.25, 0.3) is 10.2 Å². The molecule has 6 nitrogen and oxygen atoms in total. The van der Waals surface area contributed by atoms with Gasteiger partial charge >= 0.3 is 5.97 Å². The van der Waals surface area contributed by atoms with Gasteiger partial charge in [-0.3, -0.25) is 4.79 Å². The van der Waals surface area contributed by atoms with Gasteiger partial charge in [0.2, 0.25) is 0 Å². The molecule has 1 atom stereocenters. The first kappa shape index (κ1) is 21.0. The second kappa shape index (κ2) is 9.62. The van der Waals surface area contributed by atoms with Gasteiger partial charge in [-0.1, -0.05) is 38.1 Å². The number of para-hydroxylation sites is 1. The number of aromatic nitrogens is 1. The molecule has 0 saturated heterocycles. The molecule has 0 fully saturated rings. The molecule has 0 unspecified atom stereocenters. The van der Waals surface area contributed by atoms with Gasteiger partial charge in [-0.25, -0.2) is 9.78 Å². The zero-order chi connectivity index (χ0) is 20.8. The number of esters is 1. The molecular formula is C22H24N2O4S. The summed E-state index contributed by atoms with van der Waals surface area (Å²) in [6, 6.07) is 15.4. The van der Waals surface area contributed by atoms with Crippen LogP contribution in [-0.4, -0.2) is 29.6 Å². The monoisotopic (exact) mass is 412 g/mol. The largest absolute Gasteiger partial charge is 0.451 e. The third-order valence-corrected chi connectivity index (χ3v) is 5.32. The number of nitrogens with zero attached hydrogens (tertiary/aromatic N) is 1. The van der Waals surface area contributed by atoms with Gasteiger partial charge in [-0.15, -0.1) is 11.3 Å². The maximum atomic E-state index is 12.2. The van der Waals surface area contributed by atoms with Crippen molar-refractivity contribution in [3.63, 3.8) is 0 Å². The van der Waals surface area contributed by atoms with Crippen LogP contribution in [0.3, 0.4) is 0 Å². The summed E-state index contributed by atoms with van der Waals surface area (Å²) in [7, 11) is 0. The molecule has 2 aromatic carbocycles. The maximum absolute atomic E-state index is 12.2. The number of carbonyl (C=O) groups excluding carboxylic acids is 2. The van der Waals surface area contributed by atoms with E-state index in [0.717, 1.165) is 15.2 Å². The number of rotatable bonds is 8. The van der Waals surface area contributed by atoms with E-state index in [1.807, 2.05) is 48.5 Å². The molecule has 0 saturated carbocycles. The second-order valence-electron chi connectivity index (χ2n) is 6.97. The molecule has 0 aliphatic carbocycles. The van der Waals surface area contributed by atoms with Crippen LogP contribution in [0.15, 0.2) is 48.5 Å². The lowest BCUT2D eigenvalue weighted by molar-refractivity contribution is -0.157. The summed E-state index contributed by atoms with van der Waals surface area (Å²) in [6.07, 6.45) is -0.918. The molecule has 7 heteroatoms. The SMILES string of the molecule is CC(C)c1ccc(NC(=O)[C@H](C)OC(=O)COCc2nc3ccccc3s2)cc1. The van der Waals surface area contributed by atoms with Crippen molar-refractivity contribution >= 4 is 39.1 Å². The lowest BCUT2D eigenvalue weighted by Crippen LogP contribution is -2.31. The van der Waals surface area contributed by atoms with E-state index < -0.39 is 12.1 Å². The summed E-state index contributed by atoms with van der Waals surface area (Å²) >= 11 is 1.52. The Bertz CT molecular complexity index is 949. The van der Waals surface area contributed by atoms with Crippen LogP contribution in [0.2, 0.25) is 0 Å². The first-order valence-electron chi connectivity index (χ1n) is 9.45. The molecule has 0 aliphatic rings. The highest BCUT2D eigenvalue weighted by Gasteiger charge is 2.18. The molecule has 1 heterocycles. The predicted octanol–water partition coefficient (Wildman–Crippen LogP) is 4.51. The Morgan fingerprint density at radius 1 is 1.07 bits per heavy atom. The van der Waals surface area contributed by atoms with Crippen molar-refractivity contribution in [2.24, 2.45) is 0 Å². The van der Waals surface area contributed by atoms with Crippen molar-refractivity contribution in [3.05, 3.63) is 59.1 Å². The van der Waals surface area contributed by atoms with Crippen LogP contribution in [0, 0.1) is 0 Å². The Kier molecular flexibility index (Phi) is 6.95. The smallest absolute Gasteiger partial charge is 0.332 e. The highest BCUT2D eigenvalue weighted by atomic mass is 32.1. The van der Waals surface area contributed by atoms with Crippen LogP contribution < -0.4 is 5.32 Å². The number of thiazole rings is 1.